The molecule has 0 spiro atoms. The van der Waals surface area contributed by atoms with Gasteiger partial charge in [0.25, 0.3) is 11.8 Å². The summed E-state index contributed by atoms with van der Waals surface area (Å²) < 4.78 is 0. The van der Waals surface area contributed by atoms with E-state index in [1.54, 1.807) is 4.90 Å². The fourth-order valence-corrected chi connectivity index (χ4v) is 7.87. The van der Waals surface area contributed by atoms with Gasteiger partial charge in [-0.1, -0.05) is 59.8 Å². The number of carbonyl (C=O) groups is 6. The summed E-state index contributed by atoms with van der Waals surface area (Å²) in [6, 6.07) is -3.68. The topological polar surface area (TPSA) is 180 Å². The summed E-state index contributed by atoms with van der Waals surface area (Å²) >= 11 is 0. The van der Waals surface area contributed by atoms with Crippen molar-refractivity contribution < 1.29 is 28.8 Å². The molecule has 3 aliphatic carbocycles. The molecule has 49 heavy (non-hydrogen) atoms. The molecule has 1 saturated heterocycles. The van der Waals surface area contributed by atoms with Crippen LogP contribution in [0, 0.1) is 23.2 Å². The summed E-state index contributed by atoms with van der Waals surface area (Å²) in [4.78, 5) is 91.4. The highest BCUT2D eigenvalue weighted by Gasteiger charge is 2.52. The van der Waals surface area contributed by atoms with E-state index in [4.69, 9.17) is 0 Å². The Morgan fingerprint density at radius 2 is 1.63 bits per heavy atom. The molecular weight excluding hydrogens is 626 g/mol. The molecule has 6 atom stereocenters. The molecule has 5 rings (SSSR count). The Bertz CT molecular complexity index is 1390. The number of ketones is 1. The predicted molar refractivity (Wildman–Crippen MR) is 181 cm³/mol. The maximum Gasteiger partial charge on any atom is 0.289 e. The SMILES string of the molecule is CCCC(NC(=O)[C@@H]1[C@@H]2CCCC2CN1C(=O)C(NC(=O)[C@@H](NC(=O)c1cnccn1)C1CCCCC1)C(C)(C)C)C(=O)C(=O)NC1CC1. The van der Waals surface area contributed by atoms with Crippen LogP contribution < -0.4 is 21.3 Å². The summed E-state index contributed by atoms with van der Waals surface area (Å²) in [6.07, 6.45) is 13.9. The van der Waals surface area contributed by atoms with E-state index >= 15 is 0 Å². The third-order valence-electron chi connectivity index (χ3n) is 10.7. The maximum absolute atomic E-state index is 14.6. The number of nitrogens with one attached hydrogen (secondary N) is 4. The van der Waals surface area contributed by atoms with Gasteiger partial charge in [-0.25, -0.2) is 4.98 Å². The van der Waals surface area contributed by atoms with E-state index in [-0.39, 0.29) is 35.4 Å². The lowest BCUT2D eigenvalue weighted by molar-refractivity contribution is -0.146. The number of carbonyl (C=O) groups excluding carboxylic acids is 6. The van der Waals surface area contributed by atoms with Gasteiger partial charge in [0.15, 0.2) is 0 Å². The lowest BCUT2D eigenvalue weighted by Crippen LogP contribution is -2.62. The van der Waals surface area contributed by atoms with Crippen LogP contribution >= 0.6 is 0 Å². The average Bonchev–Trinajstić information content (AvgIpc) is 3.65. The largest absolute Gasteiger partial charge is 0.347 e. The first-order valence-corrected chi connectivity index (χ1v) is 18.2. The second-order valence-electron chi connectivity index (χ2n) is 15.5. The monoisotopic (exact) mass is 679 g/mol. The summed E-state index contributed by atoms with van der Waals surface area (Å²) in [5.74, 6) is -3.20. The fourth-order valence-electron chi connectivity index (χ4n) is 7.87. The van der Waals surface area contributed by atoms with E-state index in [9.17, 15) is 28.8 Å². The molecule has 5 amide bonds. The second-order valence-corrected chi connectivity index (χ2v) is 15.5. The van der Waals surface area contributed by atoms with Crippen molar-refractivity contribution in [1.82, 2.24) is 36.1 Å². The zero-order valence-corrected chi connectivity index (χ0v) is 29.3. The zero-order valence-electron chi connectivity index (χ0n) is 29.3. The van der Waals surface area contributed by atoms with Crippen LogP contribution in [0.1, 0.15) is 115 Å². The predicted octanol–water partition coefficient (Wildman–Crippen LogP) is 2.45. The van der Waals surface area contributed by atoms with E-state index in [1.807, 2.05) is 27.7 Å². The number of likely N-dealkylation sites (tertiary alicyclic amines) is 1. The van der Waals surface area contributed by atoms with Gasteiger partial charge in [0.1, 0.15) is 23.8 Å². The van der Waals surface area contributed by atoms with Crippen molar-refractivity contribution in [2.24, 2.45) is 23.2 Å². The maximum atomic E-state index is 14.6. The standard InChI is InChI=1S/C36H53N7O6/c1-5-10-25(29(44)34(48)39-23-15-16-23)40-33(47)28-24-14-9-13-22(24)20-43(28)35(49)30(36(2,3)4)42-32(46)27(21-11-7-6-8-12-21)41-31(45)26-19-37-17-18-38-26/h17-19,21-25,27-28,30H,5-16,20H2,1-4H3,(H,39,48)(H,40,47)(H,41,45)(H,42,46)/t22?,24-,25?,27+,28+,30?/m1/s1. The first-order chi connectivity index (χ1) is 23.4. The number of hydrogen-bond donors (Lipinski definition) is 4. The molecule has 0 radical (unpaired) electrons. The number of hydrogen-bond acceptors (Lipinski definition) is 8. The van der Waals surface area contributed by atoms with Crippen molar-refractivity contribution in [3.63, 3.8) is 0 Å². The molecule has 2 heterocycles. The third-order valence-corrected chi connectivity index (χ3v) is 10.7. The highest BCUT2D eigenvalue weighted by molar-refractivity contribution is 6.38. The highest BCUT2D eigenvalue weighted by Crippen LogP contribution is 2.43. The van der Waals surface area contributed by atoms with Crippen LogP contribution in [0.25, 0.3) is 0 Å². The van der Waals surface area contributed by atoms with Crippen molar-refractivity contribution in [1.29, 1.82) is 0 Å². The summed E-state index contributed by atoms with van der Waals surface area (Å²) in [5.41, 5.74) is -0.638. The van der Waals surface area contributed by atoms with Gasteiger partial charge in [-0.15, -0.1) is 0 Å². The number of aromatic nitrogens is 2. The van der Waals surface area contributed by atoms with Gasteiger partial charge >= 0.3 is 0 Å². The molecular formula is C36H53N7O6. The summed E-state index contributed by atoms with van der Waals surface area (Å²) in [5, 5.41) is 11.5. The molecule has 3 saturated carbocycles. The van der Waals surface area contributed by atoms with Crippen molar-refractivity contribution in [3.8, 4) is 0 Å². The van der Waals surface area contributed by atoms with E-state index in [1.165, 1.54) is 18.6 Å². The molecule has 0 aromatic carbocycles. The smallest absolute Gasteiger partial charge is 0.289 e. The van der Waals surface area contributed by atoms with E-state index in [2.05, 4.69) is 31.2 Å². The molecule has 0 bridgehead atoms. The van der Waals surface area contributed by atoms with Crippen LogP contribution in [-0.4, -0.2) is 86.9 Å². The molecule has 4 N–H and O–H groups in total. The molecule has 4 fully saturated rings. The Hall–Kier alpha value is -3.90. The Kier molecular flexibility index (Phi) is 11.7. The first kappa shape index (κ1) is 36.4. The van der Waals surface area contributed by atoms with Gasteiger partial charge in [0, 0.05) is 25.0 Å². The molecule has 3 unspecified atom stereocenters. The van der Waals surface area contributed by atoms with Crippen LogP contribution in [0.2, 0.25) is 0 Å². The molecule has 1 aromatic heterocycles. The Balaban J connectivity index is 1.36. The normalized spacial score (nSPS) is 24.2. The van der Waals surface area contributed by atoms with Gasteiger partial charge in [-0.2, -0.15) is 0 Å². The summed E-state index contributed by atoms with van der Waals surface area (Å²) in [7, 11) is 0. The average molecular weight is 680 g/mol. The molecule has 13 heteroatoms. The van der Waals surface area contributed by atoms with Crippen LogP contribution in [-0.2, 0) is 24.0 Å². The quantitative estimate of drug-likeness (QED) is 0.230. The lowest BCUT2D eigenvalue weighted by atomic mass is 9.82. The van der Waals surface area contributed by atoms with Crippen LogP contribution in [0.4, 0.5) is 0 Å². The molecule has 268 valence electrons. The number of nitrogens with zero attached hydrogens (tertiary/aromatic N) is 3. The number of fused-ring (bicyclic) bond motifs is 1. The van der Waals surface area contributed by atoms with Gasteiger partial charge in [-0.3, -0.25) is 33.8 Å². The minimum Gasteiger partial charge on any atom is -0.347 e. The van der Waals surface area contributed by atoms with E-state index in [0.29, 0.717) is 19.4 Å². The second kappa shape index (κ2) is 15.8. The Labute approximate surface area is 288 Å². The van der Waals surface area contributed by atoms with Gasteiger partial charge < -0.3 is 26.2 Å². The van der Waals surface area contributed by atoms with Crippen molar-refractivity contribution in [2.75, 3.05) is 6.54 Å². The van der Waals surface area contributed by atoms with E-state index < -0.39 is 59.0 Å². The fraction of sp³-hybridized carbons (Fsp3) is 0.722. The van der Waals surface area contributed by atoms with Gasteiger partial charge in [0.2, 0.25) is 23.5 Å². The van der Waals surface area contributed by atoms with Gasteiger partial charge in [-0.05, 0) is 68.1 Å². The van der Waals surface area contributed by atoms with Gasteiger partial charge in [0.05, 0.1) is 12.2 Å². The molecule has 1 aliphatic heterocycles. The van der Waals surface area contributed by atoms with E-state index in [0.717, 1.165) is 64.2 Å². The minimum absolute atomic E-state index is 0.0132. The lowest BCUT2D eigenvalue weighted by Gasteiger charge is -2.38. The van der Waals surface area contributed by atoms with Crippen LogP contribution in [0.5, 0.6) is 0 Å². The summed E-state index contributed by atoms with van der Waals surface area (Å²) in [6.45, 7) is 7.85. The first-order valence-electron chi connectivity index (χ1n) is 18.2. The number of rotatable bonds is 13. The number of Topliss-reactive ketones (excluding diaryl/α,β-unsaturated/α-hetero) is 1. The molecule has 4 aliphatic rings. The van der Waals surface area contributed by atoms with Crippen molar-refractivity contribution in [3.05, 3.63) is 24.3 Å². The Morgan fingerprint density at radius 1 is 0.898 bits per heavy atom. The van der Waals surface area contributed by atoms with Crippen molar-refractivity contribution in [2.45, 2.75) is 135 Å². The Morgan fingerprint density at radius 3 is 2.27 bits per heavy atom. The molecule has 1 aromatic rings. The molecule has 13 nitrogen and oxygen atoms in total. The third kappa shape index (κ3) is 8.83. The highest BCUT2D eigenvalue weighted by atomic mass is 16.2. The minimum atomic E-state index is -0.994. The number of amides is 5. The van der Waals surface area contributed by atoms with Crippen LogP contribution in [0.15, 0.2) is 18.6 Å². The van der Waals surface area contributed by atoms with Crippen LogP contribution in [0.3, 0.4) is 0 Å². The zero-order chi connectivity index (χ0) is 35.3. The van der Waals surface area contributed by atoms with Crippen molar-refractivity contribution >= 4 is 35.3 Å².